The molecule has 48 heavy (non-hydrogen) atoms. The van der Waals surface area contributed by atoms with Crippen molar-refractivity contribution in [1.82, 2.24) is 0 Å². The predicted molar refractivity (Wildman–Crippen MR) is 186 cm³/mol. The maximum absolute atomic E-state index is 13.1. The molecule has 0 aromatic heterocycles. The predicted octanol–water partition coefficient (Wildman–Crippen LogP) is 11.2. The van der Waals surface area contributed by atoms with Gasteiger partial charge in [0.15, 0.2) is 11.5 Å². The number of hydrogen-bond donors (Lipinski definition) is 0. The summed E-state index contributed by atoms with van der Waals surface area (Å²) in [5.41, 5.74) is -0.506. The summed E-state index contributed by atoms with van der Waals surface area (Å²) in [5.74, 6) is -6.34. The summed E-state index contributed by atoms with van der Waals surface area (Å²) in [6.07, 6.45) is 12.1. The number of carbonyl (C=O) groups excluding carboxylic acids is 4. The number of ether oxygens (including phenoxy) is 4. The van der Waals surface area contributed by atoms with E-state index in [4.69, 9.17) is 88.6 Å². The van der Waals surface area contributed by atoms with E-state index in [2.05, 4.69) is 13.8 Å². The molecule has 262 valence electrons. The minimum atomic E-state index is -1.63. The molecule has 8 nitrogen and oxygen atoms in total. The summed E-state index contributed by atoms with van der Waals surface area (Å²) in [7, 11) is 0. The number of hydrogen-bond acceptors (Lipinski definition) is 8. The first-order valence-corrected chi connectivity index (χ1v) is 18.0. The van der Waals surface area contributed by atoms with Crippen LogP contribution < -0.4 is 9.47 Å². The highest BCUT2D eigenvalue weighted by molar-refractivity contribution is 6.47. The van der Waals surface area contributed by atoms with Crippen LogP contribution in [0, 0.1) is 10.8 Å². The van der Waals surface area contributed by atoms with Gasteiger partial charge in [-0.3, -0.25) is 0 Å². The van der Waals surface area contributed by atoms with Crippen molar-refractivity contribution in [2.24, 2.45) is 10.8 Å². The number of benzene rings is 2. The third-order valence-corrected chi connectivity index (χ3v) is 11.3. The molecule has 0 amide bonds. The molecule has 2 saturated carbocycles. The summed E-state index contributed by atoms with van der Waals surface area (Å²) in [5, 5.41) is -1.44. The van der Waals surface area contributed by atoms with E-state index in [-0.39, 0.29) is 54.2 Å². The third-order valence-electron chi connectivity index (χ3n) is 9.15. The van der Waals surface area contributed by atoms with Gasteiger partial charge in [-0.25, -0.2) is 19.2 Å². The molecule has 0 unspecified atom stereocenters. The first kappa shape index (κ1) is 38.9. The molecule has 0 atom stereocenters. The highest BCUT2D eigenvalue weighted by atomic mass is 35.5. The molecule has 4 rings (SSSR count). The normalized spacial score (nSPS) is 16.4. The summed E-state index contributed by atoms with van der Waals surface area (Å²) >= 11 is 37.4. The van der Waals surface area contributed by atoms with Gasteiger partial charge in [0.25, 0.3) is 0 Å². The van der Waals surface area contributed by atoms with Gasteiger partial charge in [0, 0.05) is 0 Å². The van der Waals surface area contributed by atoms with Crippen LogP contribution in [0.4, 0.5) is 0 Å². The maximum Gasteiger partial charge on any atom is 0.423 e. The van der Waals surface area contributed by atoms with Crippen molar-refractivity contribution in [3.05, 3.63) is 53.4 Å². The maximum atomic E-state index is 13.1. The van der Waals surface area contributed by atoms with Crippen LogP contribution in [0.3, 0.4) is 0 Å². The molecule has 0 aliphatic heterocycles. The van der Waals surface area contributed by atoms with Crippen LogP contribution in [0.2, 0.25) is 30.1 Å². The van der Waals surface area contributed by atoms with Gasteiger partial charge in [-0.1, -0.05) is 109 Å². The molecule has 0 spiro atoms. The second kappa shape index (κ2) is 16.8. The zero-order chi connectivity index (χ0) is 35.2. The Hall–Kier alpha value is -1.94. The van der Waals surface area contributed by atoms with E-state index in [1.54, 1.807) is 0 Å². The van der Waals surface area contributed by atoms with Crippen molar-refractivity contribution in [1.29, 1.82) is 0 Å². The molecule has 2 aliphatic carbocycles. The Labute approximate surface area is 309 Å². The van der Waals surface area contributed by atoms with Crippen LogP contribution in [0.5, 0.6) is 11.5 Å². The highest BCUT2D eigenvalue weighted by Crippen LogP contribution is 2.44. The van der Waals surface area contributed by atoms with Crippen LogP contribution in [0.15, 0.2) is 12.1 Å². The van der Waals surface area contributed by atoms with Crippen molar-refractivity contribution in [3.8, 4) is 11.5 Å². The summed E-state index contributed by atoms with van der Waals surface area (Å²) in [6.45, 7) is 4.55. The van der Waals surface area contributed by atoms with E-state index in [0.29, 0.717) is 12.8 Å². The van der Waals surface area contributed by atoms with Crippen LogP contribution in [-0.4, -0.2) is 37.1 Å². The standard InChI is InChI=1S/C34H36Cl6O8/c1-33(9-3-4-10-33)13-7-15-45-29(41)23-25(39)19(35)17-21(37)27(23)47-31(43)32(44)48-28-22(38)18-20(36)26(40)24(28)30(42)46-16-8-14-34(2)11-5-6-12-34/h17-18H,3-16H2,1-2H3. The SMILES string of the molecule is CC1(CCCOC(=O)c2c(Cl)c(Cl)cc(Cl)c2OC(=O)C(=O)Oc2c(Cl)cc(Cl)c(Cl)c2C(=O)OCCCC2(C)CCCC2)CCCC1. The average Bonchev–Trinajstić information content (AvgIpc) is 3.67. The van der Waals surface area contributed by atoms with Crippen molar-refractivity contribution in [2.75, 3.05) is 13.2 Å². The van der Waals surface area contributed by atoms with E-state index < -0.39 is 46.5 Å². The van der Waals surface area contributed by atoms with Gasteiger partial charge < -0.3 is 18.9 Å². The lowest BCUT2D eigenvalue weighted by Gasteiger charge is -2.23. The Kier molecular flexibility index (Phi) is 13.6. The van der Waals surface area contributed by atoms with E-state index >= 15 is 0 Å². The number of rotatable bonds is 12. The van der Waals surface area contributed by atoms with Crippen LogP contribution in [0.1, 0.15) is 112 Å². The lowest BCUT2D eigenvalue weighted by molar-refractivity contribution is -0.156. The summed E-state index contributed by atoms with van der Waals surface area (Å²) < 4.78 is 21.2. The summed E-state index contributed by atoms with van der Waals surface area (Å²) in [6, 6.07) is 2.27. The molecular formula is C34H36Cl6O8. The molecule has 14 heteroatoms. The largest absolute Gasteiger partial charge is 0.462 e. The third kappa shape index (κ3) is 9.64. The molecule has 0 heterocycles. The molecule has 0 radical (unpaired) electrons. The zero-order valence-electron chi connectivity index (χ0n) is 26.6. The van der Waals surface area contributed by atoms with Crippen LogP contribution in [-0.2, 0) is 19.1 Å². The Balaban J connectivity index is 1.46. The van der Waals surface area contributed by atoms with Gasteiger partial charge in [0.2, 0.25) is 0 Å². The second-order valence-electron chi connectivity index (χ2n) is 13.0. The van der Waals surface area contributed by atoms with E-state index in [0.717, 1.165) is 50.7 Å². The van der Waals surface area contributed by atoms with E-state index in [9.17, 15) is 19.2 Å². The fourth-order valence-electron chi connectivity index (χ4n) is 6.42. The zero-order valence-corrected chi connectivity index (χ0v) is 31.1. The number of carbonyl (C=O) groups is 4. The second-order valence-corrected chi connectivity index (χ2v) is 15.4. The molecule has 2 aliphatic rings. The Morgan fingerprint density at radius 3 is 1.25 bits per heavy atom. The molecule has 2 fully saturated rings. The highest BCUT2D eigenvalue weighted by Gasteiger charge is 2.33. The van der Waals surface area contributed by atoms with Gasteiger partial charge in [-0.2, -0.15) is 0 Å². The number of halogens is 6. The van der Waals surface area contributed by atoms with Crippen molar-refractivity contribution in [3.63, 3.8) is 0 Å². The van der Waals surface area contributed by atoms with Crippen molar-refractivity contribution >= 4 is 93.5 Å². The van der Waals surface area contributed by atoms with Gasteiger partial charge in [-0.05, 0) is 74.3 Å². The van der Waals surface area contributed by atoms with Gasteiger partial charge >= 0.3 is 23.9 Å². The average molecular weight is 785 g/mol. The Morgan fingerprint density at radius 1 is 0.583 bits per heavy atom. The van der Waals surface area contributed by atoms with Crippen molar-refractivity contribution in [2.45, 2.75) is 90.9 Å². The fraction of sp³-hybridized carbons (Fsp3) is 0.529. The van der Waals surface area contributed by atoms with Crippen LogP contribution in [0.25, 0.3) is 0 Å². The molecule has 2 aromatic carbocycles. The molecule has 2 aromatic rings. The first-order chi connectivity index (χ1) is 22.6. The topological polar surface area (TPSA) is 105 Å². The molecule has 0 bridgehead atoms. The lowest BCUT2D eigenvalue weighted by Crippen LogP contribution is -2.27. The summed E-state index contributed by atoms with van der Waals surface area (Å²) in [4.78, 5) is 52.2. The Bertz CT molecular complexity index is 1450. The van der Waals surface area contributed by atoms with Gasteiger partial charge in [0.05, 0.1) is 43.3 Å². The molecule has 0 N–H and O–H groups in total. The Morgan fingerprint density at radius 2 is 0.917 bits per heavy atom. The van der Waals surface area contributed by atoms with Gasteiger partial charge in [0.1, 0.15) is 11.1 Å². The van der Waals surface area contributed by atoms with Gasteiger partial charge in [-0.15, -0.1) is 0 Å². The smallest absolute Gasteiger partial charge is 0.423 e. The van der Waals surface area contributed by atoms with E-state index in [1.807, 2.05) is 0 Å². The monoisotopic (exact) mass is 782 g/mol. The quantitative estimate of drug-likeness (QED) is 0.0689. The lowest BCUT2D eigenvalue weighted by atomic mass is 9.84. The van der Waals surface area contributed by atoms with Crippen molar-refractivity contribution < 1.29 is 38.1 Å². The minimum absolute atomic E-state index is 0.0678. The molecule has 0 saturated heterocycles. The number of esters is 4. The minimum Gasteiger partial charge on any atom is -0.462 e. The van der Waals surface area contributed by atoms with E-state index in [1.165, 1.54) is 25.7 Å². The fourth-order valence-corrected chi connectivity index (χ4v) is 7.86. The molecular weight excluding hydrogens is 749 g/mol. The van der Waals surface area contributed by atoms with Crippen LogP contribution >= 0.6 is 69.6 Å². The first-order valence-electron chi connectivity index (χ1n) is 15.8.